The lowest BCUT2D eigenvalue weighted by molar-refractivity contribution is 0.0847. The second-order valence-corrected chi connectivity index (χ2v) is 4.11. The zero-order chi connectivity index (χ0) is 11.4. The number of nitrogens with zero attached hydrogens (tertiary/aromatic N) is 2. The topological polar surface area (TPSA) is 52.1 Å². The molecule has 2 rings (SSSR count). The van der Waals surface area contributed by atoms with E-state index in [1.165, 1.54) is 18.4 Å². The molecule has 0 N–H and O–H groups in total. The van der Waals surface area contributed by atoms with Gasteiger partial charge in [0.1, 0.15) is 11.6 Å². The van der Waals surface area contributed by atoms with Crippen LogP contribution in [0.5, 0.6) is 0 Å². The number of carbonyl (C=O) groups excluding carboxylic acids is 1. The van der Waals surface area contributed by atoms with E-state index in [1.807, 2.05) is 30.3 Å². The first kappa shape index (κ1) is 10.9. The predicted molar refractivity (Wildman–Crippen MR) is 61.6 cm³/mol. The summed E-state index contributed by atoms with van der Waals surface area (Å²) in [4.78, 5) is 11.5. The van der Waals surface area contributed by atoms with Gasteiger partial charge in [-0.1, -0.05) is 41.7 Å². The number of ketones is 1. The van der Waals surface area contributed by atoms with Crippen LogP contribution >= 0.6 is 11.3 Å². The molecule has 0 aliphatic carbocycles. The molecule has 0 spiro atoms. The van der Waals surface area contributed by atoms with Crippen LogP contribution in [0.15, 0.2) is 30.3 Å². The van der Waals surface area contributed by atoms with Gasteiger partial charge in [-0.15, -0.1) is 10.2 Å². The van der Waals surface area contributed by atoms with Gasteiger partial charge >= 0.3 is 0 Å². The maximum atomic E-state index is 11.5. The zero-order valence-electron chi connectivity index (χ0n) is 8.71. The lowest BCUT2D eigenvalue weighted by Gasteiger charge is -1.92. The fraction of sp³-hybridized carbons (Fsp3) is 0.182. The minimum atomic E-state index is -0.137. The van der Waals surface area contributed by atoms with E-state index >= 15 is 0 Å². The van der Waals surface area contributed by atoms with Crippen LogP contribution in [0.1, 0.15) is 9.80 Å². The highest BCUT2D eigenvalue weighted by Crippen LogP contribution is 2.23. The van der Waals surface area contributed by atoms with Gasteiger partial charge in [-0.2, -0.15) is 0 Å². The number of benzene rings is 1. The molecule has 5 heteroatoms. The highest BCUT2D eigenvalue weighted by molar-refractivity contribution is 7.16. The SMILES string of the molecule is COCC(=O)c1nnc(-c2ccccc2)s1. The molecule has 1 aromatic heterocycles. The molecule has 0 unspecified atom stereocenters. The third-order valence-electron chi connectivity index (χ3n) is 1.96. The van der Waals surface area contributed by atoms with Crippen molar-refractivity contribution in [2.45, 2.75) is 0 Å². The van der Waals surface area contributed by atoms with Gasteiger partial charge in [-0.05, 0) is 0 Å². The number of hydrogen-bond acceptors (Lipinski definition) is 5. The van der Waals surface area contributed by atoms with Crippen LogP contribution in [0, 0.1) is 0 Å². The van der Waals surface area contributed by atoms with Gasteiger partial charge in [0, 0.05) is 12.7 Å². The van der Waals surface area contributed by atoms with Crippen LogP contribution < -0.4 is 0 Å². The van der Waals surface area contributed by atoms with Crippen molar-refractivity contribution in [1.82, 2.24) is 10.2 Å². The van der Waals surface area contributed by atoms with Gasteiger partial charge in [0.25, 0.3) is 0 Å². The lowest BCUT2D eigenvalue weighted by atomic mass is 10.2. The minimum Gasteiger partial charge on any atom is -0.376 e. The second kappa shape index (κ2) is 4.96. The number of Topliss-reactive ketones (excluding diaryl/α,β-unsaturated/α-hetero) is 1. The molecule has 0 radical (unpaired) electrons. The molecule has 0 atom stereocenters. The summed E-state index contributed by atoms with van der Waals surface area (Å²) in [6, 6.07) is 9.65. The van der Waals surface area contributed by atoms with Gasteiger partial charge in [0.2, 0.25) is 5.78 Å². The van der Waals surface area contributed by atoms with Crippen molar-refractivity contribution in [3.05, 3.63) is 35.3 Å². The Bertz CT molecular complexity index is 482. The Kier molecular flexibility index (Phi) is 3.38. The maximum absolute atomic E-state index is 11.5. The number of aromatic nitrogens is 2. The zero-order valence-corrected chi connectivity index (χ0v) is 9.53. The van der Waals surface area contributed by atoms with Crippen molar-refractivity contribution in [3.8, 4) is 10.6 Å². The van der Waals surface area contributed by atoms with Crippen molar-refractivity contribution >= 4 is 17.1 Å². The molecule has 0 aliphatic heterocycles. The Morgan fingerprint density at radius 3 is 2.75 bits per heavy atom. The molecule has 0 aliphatic rings. The molecule has 2 aromatic rings. The molecule has 0 amide bonds. The van der Waals surface area contributed by atoms with Crippen LogP contribution in [0.25, 0.3) is 10.6 Å². The average Bonchev–Trinajstić information content (AvgIpc) is 2.80. The van der Waals surface area contributed by atoms with Crippen molar-refractivity contribution in [3.63, 3.8) is 0 Å². The fourth-order valence-corrected chi connectivity index (χ4v) is 2.00. The molecule has 0 fully saturated rings. The number of hydrogen-bond donors (Lipinski definition) is 0. The van der Waals surface area contributed by atoms with Crippen LogP contribution in [0.2, 0.25) is 0 Å². The van der Waals surface area contributed by atoms with E-state index in [9.17, 15) is 4.79 Å². The van der Waals surface area contributed by atoms with Gasteiger partial charge in [0.15, 0.2) is 5.01 Å². The van der Waals surface area contributed by atoms with Crippen LogP contribution in [-0.4, -0.2) is 29.7 Å². The van der Waals surface area contributed by atoms with E-state index in [0.717, 1.165) is 10.6 Å². The highest BCUT2D eigenvalue weighted by atomic mass is 32.1. The number of carbonyl (C=O) groups is 1. The van der Waals surface area contributed by atoms with Crippen molar-refractivity contribution in [1.29, 1.82) is 0 Å². The standard InChI is InChI=1S/C11H10N2O2S/c1-15-7-9(14)11-13-12-10(16-11)8-5-3-2-4-6-8/h2-6H,7H2,1H3. The van der Waals surface area contributed by atoms with E-state index in [1.54, 1.807) is 0 Å². The largest absolute Gasteiger partial charge is 0.376 e. The normalized spacial score (nSPS) is 10.3. The Hall–Kier alpha value is -1.59. The summed E-state index contributed by atoms with van der Waals surface area (Å²) in [5, 5.41) is 8.97. The van der Waals surface area contributed by atoms with Crippen LogP contribution in [-0.2, 0) is 4.74 Å². The number of rotatable bonds is 4. The van der Waals surface area contributed by atoms with Gasteiger partial charge < -0.3 is 4.74 Å². The number of methoxy groups -OCH3 is 1. The fourth-order valence-electron chi connectivity index (χ4n) is 1.23. The summed E-state index contributed by atoms with van der Waals surface area (Å²) in [7, 11) is 1.48. The summed E-state index contributed by atoms with van der Waals surface area (Å²) in [6.45, 7) is 0.0451. The van der Waals surface area contributed by atoms with E-state index in [0.29, 0.717) is 5.01 Å². The van der Waals surface area contributed by atoms with E-state index < -0.39 is 0 Å². The first-order valence-corrected chi connectivity index (χ1v) is 5.54. The van der Waals surface area contributed by atoms with E-state index in [-0.39, 0.29) is 12.4 Å². The van der Waals surface area contributed by atoms with Crippen molar-refractivity contribution in [2.75, 3.05) is 13.7 Å². The van der Waals surface area contributed by atoms with Gasteiger partial charge in [-0.25, -0.2) is 0 Å². The first-order valence-electron chi connectivity index (χ1n) is 4.72. The average molecular weight is 234 g/mol. The summed E-state index contributed by atoms with van der Waals surface area (Å²) in [6.07, 6.45) is 0. The summed E-state index contributed by atoms with van der Waals surface area (Å²) >= 11 is 1.28. The second-order valence-electron chi connectivity index (χ2n) is 3.13. The monoisotopic (exact) mass is 234 g/mol. The van der Waals surface area contributed by atoms with E-state index in [4.69, 9.17) is 4.74 Å². The first-order chi connectivity index (χ1) is 7.81. The lowest BCUT2D eigenvalue weighted by Crippen LogP contribution is -2.06. The minimum absolute atomic E-state index is 0.0451. The molecule has 0 bridgehead atoms. The Morgan fingerprint density at radius 1 is 1.31 bits per heavy atom. The smallest absolute Gasteiger partial charge is 0.218 e. The summed E-state index contributed by atoms with van der Waals surface area (Å²) < 4.78 is 4.76. The van der Waals surface area contributed by atoms with E-state index in [2.05, 4.69) is 10.2 Å². The predicted octanol–water partition coefficient (Wildman–Crippen LogP) is 2.03. The molecule has 82 valence electrons. The third kappa shape index (κ3) is 2.32. The molecule has 4 nitrogen and oxygen atoms in total. The molecule has 0 saturated carbocycles. The highest BCUT2D eigenvalue weighted by Gasteiger charge is 2.12. The Morgan fingerprint density at radius 2 is 2.06 bits per heavy atom. The van der Waals surface area contributed by atoms with Crippen LogP contribution in [0.4, 0.5) is 0 Å². The quantitative estimate of drug-likeness (QED) is 0.759. The molecular weight excluding hydrogens is 224 g/mol. The van der Waals surface area contributed by atoms with Gasteiger partial charge in [-0.3, -0.25) is 4.79 Å². The molecule has 1 aromatic carbocycles. The number of ether oxygens (including phenoxy) is 1. The Balaban J connectivity index is 2.23. The third-order valence-corrected chi connectivity index (χ3v) is 2.97. The molecular formula is C11H10N2O2S. The summed E-state index contributed by atoms with van der Waals surface area (Å²) in [5.41, 5.74) is 0.969. The van der Waals surface area contributed by atoms with Gasteiger partial charge in [0.05, 0.1) is 0 Å². The van der Waals surface area contributed by atoms with Crippen molar-refractivity contribution in [2.24, 2.45) is 0 Å². The molecule has 16 heavy (non-hydrogen) atoms. The molecule has 0 saturated heterocycles. The summed E-state index contributed by atoms with van der Waals surface area (Å²) in [5.74, 6) is -0.137. The van der Waals surface area contributed by atoms with Crippen molar-refractivity contribution < 1.29 is 9.53 Å². The molecule has 1 heterocycles. The Labute approximate surface area is 96.9 Å². The maximum Gasteiger partial charge on any atom is 0.218 e. The van der Waals surface area contributed by atoms with Crippen LogP contribution in [0.3, 0.4) is 0 Å².